The highest BCUT2D eigenvalue weighted by Crippen LogP contribution is 2.29. The number of unbranched alkanes of at least 4 members (excludes halogenated alkanes) is 1. The Kier molecular flexibility index (Phi) is 4.37. The lowest BCUT2D eigenvalue weighted by atomic mass is 10.2. The molecule has 0 aliphatic heterocycles. The van der Waals surface area contributed by atoms with Gasteiger partial charge in [-0.05, 0) is 38.3 Å². The van der Waals surface area contributed by atoms with Gasteiger partial charge in [-0.2, -0.15) is 0 Å². The zero-order valence-corrected chi connectivity index (χ0v) is 11.6. The molecule has 19 heavy (non-hydrogen) atoms. The van der Waals surface area contributed by atoms with Gasteiger partial charge in [0.15, 0.2) is 0 Å². The van der Waals surface area contributed by atoms with Crippen LogP contribution in [0.2, 0.25) is 0 Å². The Morgan fingerprint density at radius 2 is 2.26 bits per heavy atom. The largest absolute Gasteiger partial charge is 0.336 e. The number of nitrogens with one attached hydrogen (secondary N) is 1. The van der Waals surface area contributed by atoms with E-state index in [0.717, 1.165) is 37.9 Å². The fourth-order valence-electron chi connectivity index (χ4n) is 2.20. The van der Waals surface area contributed by atoms with Crippen molar-refractivity contribution in [2.45, 2.75) is 45.6 Å². The number of carbonyl (C=O) groups is 1. The third-order valence-corrected chi connectivity index (χ3v) is 3.35. The Hall–Kier alpha value is -1.62. The molecular weight excluding hydrogens is 240 g/mol. The van der Waals surface area contributed by atoms with Crippen LogP contribution in [0.25, 0.3) is 0 Å². The lowest BCUT2D eigenvalue weighted by molar-refractivity contribution is 0.0740. The van der Waals surface area contributed by atoms with Crippen LogP contribution in [0.1, 0.15) is 48.7 Å². The smallest absolute Gasteiger partial charge is 0.254 e. The van der Waals surface area contributed by atoms with Crippen LogP contribution in [-0.4, -0.2) is 28.4 Å². The van der Waals surface area contributed by atoms with Crippen LogP contribution in [0, 0.1) is 6.92 Å². The van der Waals surface area contributed by atoms with Gasteiger partial charge in [0.1, 0.15) is 5.82 Å². The fourth-order valence-corrected chi connectivity index (χ4v) is 2.20. The molecule has 0 unspecified atom stereocenters. The topological polar surface area (TPSA) is 71.2 Å². The molecule has 1 saturated carbocycles. The summed E-state index contributed by atoms with van der Waals surface area (Å²) in [6, 6.07) is 3.98. The molecule has 5 heteroatoms. The summed E-state index contributed by atoms with van der Waals surface area (Å²) in [5, 5.41) is 0. The maximum atomic E-state index is 12.6. The van der Waals surface area contributed by atoms with Crippen LogP contribution in [-0.2, 0) is 0 Å². The molecule has 1 aromatic rings. The van der Waals surface area contributed by atoms with Gasteiger partial charge in [-0.15, -0.1) is 0 Å². The number of nitrogens with two attached hydrogens (primary N) is 1. The summed E-state index contributed by atoms with van der Waals surface area (Å²) in [4.78, 5) is 18.8. The number of pyridine rings is 1. The van der Waals surface area contributed by atoms with Crippen molar-refractivity contribution in [3.05, 3.63) is 23.4 Å². The quantitative estimate of drug-likeness (QED) is 0.608. The molecule has 1 fully saturated rings. The van der Waals surface area contributed by atoms with Crippen molar-refractivity contribution in [3.63, 3.8) is 0 Å². The monoisotopic (exact) mass is 262 g/mol. The summed E-state index contributed by atoms with van der Waals surface area (Å²) in [6.45, 7) is 4.85. The zero-order chi connectivity index (χ0) is 13.8. The number of carbonyl (C=O) groups excluding carboxylic acids is 1. The van der Waals surface area contributed by atoms with E-state index in [1.165, 1.54) is 0 Å². The van der Waals surface area contributed by atoms with Crippen LogP contribution in [0.15, 0.2) is 12.1 Å². The Morgan fingerprint density at radius 1 is 1.53 bits per heavy atom. The van der Waals surface area contributed by atoms with Crippen LogP contribution < -0.4 is 11.3 Å². The van der Waals surface area contributed by atoms with Crippen LogP contribution in [0.4, 0.5) is 5.82 Å². The van der Waals surface area contributed by atoms with Crippen LogP contribution >= 0.6 is 0 Å². The Balaban J connectivity index is 2.18. The summed E-state index contributed by atoms with van der Waals surface area (Å²) >= 11 is 0. The molecule has 0 saturated heterocycles. The van der Waals surface area contributed by atoms with Crippen LogP contribution in [0.5, 0.6) is 0 Å². The van der Waals surface area contributed by atoms with Gasteiger partial charge in [-0.25, -0.2) is 10.8 Å². The van der Waals surface area contributed by atoms with E-state index >= 15 is 0 Å². The van der Waals surface area contributed by atoms with E-state index in [1.54, 1.807) is 6.07 Å². The molecule has 1 amide bonds. The first kappa shape index (κ1) is 13.8. The summed E-state index contributed by atoms with van der Waals surface area (Å²) in [5.74, 6) is 6.01. The molecule has 0 radical (unpaired) electrons. The normalized spacial score (nSPS) is 14.3. The highest BCUT2D eigenvalue weighted by Gasteiger charge is 2.32. The van der Waals surface area contributed by atoms with Crippen molar-refractivity contribution < 1.29 is 4.79 Å². The minimum atomic E-state index is 0.0953. The average molecular weight is 262 g/mol. The summed E-state index contributed by atoms with van der Waals surface area (Å²) in [6.07, 6.45) is 4.40. The Labute approximate surface area is 114 Å². The van der Waals surface area contributed by atoms with Gasteiger partial charge in [0.25, 0.3) is 5.91 Å². The van der Waals surface area contributed by atoms with Crippen molar-refractivity contribution in [3.8, 4) is 0 Å². The number of hydrogen-bond acceptors (Lipinski definition) is 4. The average Bonchev–Trinajstić information content (AvgIpc) is 3.22. The van der Waals surface area contributed by atoms with E-state index in [9.17, 15) is 4.79 Å². The summed E-state index contributed by atoms with van der Waals surface area (Å²) < 4.78 is 0. The molecule has 1 aromatic heterocycles. The first-order chi connectivity index (χ1) is 9.15. The molecule has 1 aliphatic carbocycles. The lowest BCUT2D eigenvalue weighted by Crippen LogP contribution is -2.34. The fraction of sp³-hybridized carbons (Fsp3) is 0.571. The second kappa shape index (κ2) is 6.02. The molecule has 3 N–H and O–H groups in total. The predicted molar refractivity (Wildman–Crippen MR) is 75.8 cm³/mol. The number of nitrogen functional groups attached to an aromatic ring is 1. The maximum absolute atomic E-state index is 12.6. The van der Waals surface area contributed by atoms with E-state index in [-0.39, 0.29) is 5.91 Å². The SMILES string of the molecule is CCCCN(C(=O)c1cc(C)nc(NN)c1)C1CC1. The number of anilines is 1. The minimum absolute atomic E-state index is 0.0953. The summed E-state index contributed by atoms with van der Waals surface area (Å²) in [5.41, 5.74) is 3.97. The van der Waals surface area contributed by atoms with E-state index in [4.69, 9.17) is 5.84 Å². The second-order valence-corrected chi connectivity index (χ2v) is 5.11. The third kappa shape index (κ3) is 3.44. The molecule has 1 aliphatic rings. The molecule has 0 spiro atoms. The first-order valence-electron chi connectivity index (χ1n) is 6.92. The number of aryl methyl sites for hydroxylation is 1. The van der Waals surface area contributed by atoms with Crippen molar-refractivity contribution in [2.24, 2.45) is 5.84 Å². The van der Waals surface area contributed by atoms with E-state index in [0.29, 0.717) is 17.4 Å². The van der Waals surface area contributed by atoms with Gasteiger partial charge in [0.05, 0.1) is 0 Å². The van der Waals surface area contributed by atoms with E-state index < -0.39 is 0 Å². The minimum Gasteiger partial charge on any atom is -0.336 e. The molecule has 0 bridgehead atoms. The Morgan fingerprint density at radius 3 is 2.84 bits per heavy atom. The molecule has 104 valence electrons. The van der Waals surface area contributed by atoms with Gasteiger partial charge in [-0.3, -0.25) is 4.79 Å². The van der Waals surface area contributed by atoms with Gasteiger partial charge in [-0.1, -0.05) is 13.3 Å². The van der Waals surface area contributed by atoms with E-state index in [1.807, 2.05) is 17.9 Å². The number of rotatable bonds is 6. The van der Waals surface area contributed by atoms with Gasteiger partial charge >= 0.3 is 0 Å². The second-order valence-electron chi connectivity index (χ2n) is 5.11. The number of aromatic nitrogens is 1. The molecule has 0 aromatic carbocycles. The standard InChI is InChI=1S/C14H22N4O/c1-3-4-7-18(12-5-6-12)14(19)11-8-10(2)16-13(9-11)17-15/h8-9,12H,3-7,15H2,1-2H3,(H,16,17). The highest BCUT2D eigenvalue weighted by atomic mass is 16.2. The molecule has 5 nitrogen and oxygen atoms in total. The molecule has 0 atom stereocenters. The molecule has 1 heterocycles. The maximum Gasteiger partial charge on any atom is 0.254 e. The van der Waals surface area contributed by atoms with Crippen molar-refractivity contribution >= 4 is 11.7 Å². The van der Waals surface area contributed by atoms with Gasteiger partial charge in [0, 0.05) is 23.8 Å². The number of hydrogen-bond donors (Lipinski definition) is 2. The third-order valence-electron chi connectivity index (χ3n) is 3.35. The zero-order valence-electron chi connectivity index (χ0n) is 11.6. The number of hydrazine groups is 1. The number of nitrogens with zero attached hydrogens (tertiary/aromatic N) is 2. The summed E-state index contributed by atoms with van der Waals surface area (Å²) in [7, 11) is 0. The van der Waals surface area contributed by atoms with Crippen molar-refractivity contribution in [1.82, 2.24) is 9.88 Å². The van der Waals surface area contributed by atoms with Gasteiger partial charge < -0.3 is 10.3 Å². The predicted octanol–water partition coefficient (Wildman–Crippen LogP) is 2.08. The van der Waals surface area contributed by atoms with Crippen molar-refractivity contribution in [1.29, 1.82) is 0 Å². The first-order valence-corrected chi connectivity index (χ1v) is 6.92. The van der Waals surface area contributed by atoms with Crippen LogP contribution in [0.3, 0.4) is 0 Å². The van der Waals surface area contributed by atoms with E-state index in [2.05, 4.69) is 17.3 Å². The number of amides is 1. The highest BCUT2D eigenvalue weighted by molar-refractivity contribution is 5.95. The molecular formula is C14H22N4O. The lowest BCUT2D eigenvalue weighted by Gasteiger charge is -2.22. The Bertz CT molecular complexity index is 457. The molecule has 2 rings (SSSR count). The van der Waals surface area contributed by atoms with Gasteiger partial charge in [0.2, 0.25) is 0 Å². The van der Waals surface area contributed by atoms with Crippen molar-refractivity contribution in [2.75, 3.05) is 12.0 Å².